The summed E-state index contributed by atoms with van der Waals surface area (Å²) in [5, 5.41) is 10.3. The largest absolute Gasteiger partial charge is 0.307 e. The molecule has 0 unspecified atom stereocenters. The number of anilines is 2. The molecule has 7 heteroatoms. The number of benzene rings is 1. The number of hydrogen-bond acceptors (Lipinski definition) is 5. The molecule has 3 aromatic rings. The maximum atomic E-state index is 4.79. The number of nitrogens with zero attached hydrogens (tertiary/aromatic N) is 4. The summed E-state index contributed by atoms with van der Waals surface area (Å²) in [5.41, 5.74) is 3.35. The van der Waals surface area contributed by atoms with Crippen molar-refractivity contribution in [2.45, 2.75) is 32.6 Å². The molecule has 1 aliphatic rings. The highest BCUT2D eigenvalue weighted by atomic mass is 127. The van der Waals surface area contributed by atoms with Crippen LogP contribution in [-0.4, -0.2) is 30.1 Å². The van der Waals surface area contributed by atoms with E-state index in [4.69, 9.17) is 9.97 Å². The van der Waals surface area contributed by atoms with Crippen LogP contribution in [0.4, 0.5) is 11.8 Å². The number of alkyl halides is 1. The monoisotopic (exact) mass is 448 g/mol. The van der Waals surface area contributed by atoms with Gasteiger partial charge in [0.15, 0.2) is 5.82 Å². The summed E-state index contributed by atoms with van der Waals surface area (Å²) in [4.78, 5) is 15.8. The lowest BCUT2D eigenvalue weighted by atomic mass is 9.96. The first-order valence-corrected chi connectivity index (χ1v) is 10.4. The van der Waals surface area contributed by atoms with Crippen LogP contribution in [0, 0.1) is 6.92 Å². The van der Waals surface area contributed by atoms with Gasteiger partial charge in [-0.3, -0.25) is 5.10 Å². The number of aromatic amines is 1. The van der Waals surface area contributed by atoms with Gasteiger partial charge in [-0.15, -0.1) is 5.10 Å². The highest BCUT2D eigenvalue weighted by Crippen LogP contribution is 2.29. The van der Waals surface area contributed by atoms with Crippen molar-refractivity contribution >= 4 is 34.4 Å². The van der Waals surface area contributed by atoms with Crippen molar-refractivity contribution in [2.24, 2.45) is 0 Å². The third-order valence-electron chi connectivity index (χ3n) is 4.04. The van der Waals surface area contributed by atoms with E-state index < -0.39 is 0 Å². The van der Waals surface area contributed by atoms with Gasteiger partial charge in [-0.1, -0.05) is 52.9 Å². The molecule has 130 valence electrons. The Kier molecular flexibility index (Phi) is 5.95. The number of H-pyrrole nitrogens is 1. The zero-order chi connectivity index (χ0) is 17.6. The van der Waals surface area contributed by atoms with Gasteiger partial charge in [-0.25, -0.2) is 9.97 Å². The SMILES string of the molecule is CI.Cc1nc(Nc2nc(-c3ccccc3)nc3c2CCCC3)n[nH]1. The van der Waals surface area contributed by atoms with Gasteiger partial charge in [0.2, 0.25) is 5.95 Å². The molecule has 1 aromatic carbocycles. The van der Waals surface area contributed by atoms with Crippen molar-refractivity contribution in [1.29, 1.82) is 0 Å². The molecule has 1 aliphatic carbocycles. The third kappa shape index (κ3) is 4.15. The molecule has 2 heterocycles. The molecule has 0 saturated heterocycles. The average molecular weight is 448 g/mol. The number of hydrogen-bond donors (Lipinski definition) is 2. The fraction of sp³-hybridized carbons (Fsp3) is 0.333. The van der Waals surface area contributed by atoms with Crippen molar-refractivity contribution in [3.63, 3.8) is 0 Å². The van der Waals surface area contributed by atoms with Crippen LogP contribution >= 0.6 is 22.6 Å². The smallest absolute Gasteiger partial charge is 0.247 e. The summed E-state index contributed by atoms with van der Waals surface area (Å²) >= 11 is 2.15. The lowest BCUT2D eigenvalue weighted by Crippen LogP contribution is -2.12. The maximum Gasteiger partial charge on any atom is 0.247 e. The highest BCUT2D eigenvalue weighted by Gasteiger charge is 2.19. The molecule has 0 bridgehead atoms. The predicted octanol–water partition coefficient (Wildman–Crippen LogP) is 4.24. The Hall–Kier alpha value is -2.03. The summed E-state index contributed by atoms with van der Waals surface area (Å²) in [6.07, 6.45) is 4.34. The van der Waals surface area contributed by atoms with Crippen molar-refractivity contribution in [3.8, 4) is 11.4 Å². The van der Waals surface area contributed by atoms with Crippen molar-refractivity contribution in [3.05, 3.63) is 47.4 Å². The molecule has 0 spiro atoms. The quantitative estimate of drug-likeness (QED) is 0.463. The molecule has 4 rings (SSSR count). The van der Waals surface area contributed by atoms with E-state index in [1.807, 2.05) is 42.2 Å². The summed E-state index contributed by atoms with van der Waals surface area (Å²) in [5.74, 6) is 2.90. The van der Waals surface area contributed by atoms with Gasteiger partial charge < -0.3 is 5.32 Å². The van der Waals surface area contributed by atoms with E-state index in [0.29, 0.717) is 5.95 Å². The van der Waals surface area contributed by atoms with Crippen LogP contribution in [0.25, 0.3) is 11.4 Å². The number of halogens is 1. The van der Waals surface area contributed by atoms with Crippen molar-refractivity contribution in [2.75, 3.05) is 10.2 Å². The molecule has 2 aromatic heterocycles. The standard InChI is InChI=1S/C17H18N6.CH3I/c1-11-18-17(23-22-11)21-16-13-9-5-6-10-14(13)19-15(20-16)12-7-3-2-4-8-12;1-2/h2-4,7-8H,5-6,9-10H2,1H3,(H2,18,19,20,21,22,23);1H3. The first-order valence-electron chi connectivity index (χ1n) is 8.28. The minimum absolute atomic E-state index is 0.549. The van der Waals surface area contributed by atoms with Crippen LogP contribution in [-0.2, 0) is 12.8 Å². The normalized spacial score (nSPS) is 12.8. The average Bonchev–Trinajstić information content (AvgIpc) is 3.09. The number of aryl methyl sites for hydroxylation is 2. The molecule has 0 radical (unpaired) electrons. The fourth-order valence-electron chi connectivity index (χ4n) is 2.92. The second-order valence-corrected chi connectivity index (χ2v) is 5.76. The van der Waals surface area contributed by atoms with Crippen LogP contribution in [0.1, 0.15) is 29.9 Å². The summed E-state index contributed by atoms with van der Waals surface area (Å²) in [7, 11) is 0. The molecule has 0 saturated carbocycles. The molecular weight excluding hydrogens is 427 g/mol. The van der Waals surface area contributed by atoms with E-state index in [1.54, 1.807) is 0 Å². The van der Waals surface area contributed by atoms with E-state index in [2.05, 4.69) is 43.1 Å². The lowest BCUT2D eigenvalue weighted by molar-refractivity contribution is 0.665. The summed E-state index contributed by atoms with van der Waals surface area (Å²) in [6.45, 7) is 1.88. The number of rotatable bonds is 3. The number of fused-ring (bicyclic) bond motifs is 1. The molecule has 0 atom stereocenters. The Balaban J connectivity index is 0.000000880. The minimum Gasteiger partial charge on any atom is -0.307 e. The van der Waals surface area contributed by atoms with E-state index in [9.17, 15) is 0 Å². The Morgan fingerprint density at radius 1 is 1.00 bits per heavy atom. The predicted molar refractivity (Wildman–Crippen MR) is 108 cm³/mol. The molecule has 0 amide bonds. The first-order chi connectivity index (χ1) is 12.3. The van der Waals surface area contributed by atoms with Crippen molar-refractivity contribution < 1.29 is 0 Å². The molecule has 0 aliphatic heterocycles. The molecular formula is C18H21IN6. The van der Waals surface area contributed by atoms with Crippen LogP contribution in [0.5, 0.6) is 0 Å². The molecule has 0 fully saturated rings. The van der Waals surface area contributed by atoms with Gasteiger partial charge in [0.25, 0.3) is 0 Å². The molecule has 6 nitrogen and oxygen atoms in total. The summed E-state index contributed by atoms with van der Waals surface area (Å²) < 4.78 is 0. The van der Waals surface area contributed by atoms with E-state index >= 15 is 0 Å². The lowest BCUT2D eigenvalue weighted by Gasteiger charge is -2.19. The maximum absolute atomic E-state index is 4.79. The van der Waals surface area contributed by atoms with Gasteiger partial charge in [-0.05, 0) is 37.5 Å². The topological polar surface area (TPSA) is 79.4 Å². The Morgan fingerprint density at radius 3 is 2.48 bits per heavy atom. The highest BCUT2D eigenvalue weighted by molar-refractivity contribution is 14.1. The molecule has 25 heavy (non-hydrogen) atoms. The van der Waals surface area contributed by atoms with Crippen molar-refractivity contribution in [1.82, 2.24) is 25.1 Å². The second-order valence-electron chi connectivity index (χ2n) is 5.76. The van der Waals surface area contributed by atoms with Gasteiger partial charge in [0.05, 0.1) is 0 Å². The van der Waals surface area contributed by atoms with Gasteiger partial charge in [0.1, 0.15) is 11.6 Å². The zero-order valence-electron chi connectivity index (χ0n) is 14.4. The van der Waals surface area contributed by atoms with E-state index in [-0.39, 0.29) is 0 Å². The fourth-order valence-corrected chi connectivity index (χ4v) is 2.92. The van der Waals surface area contributed by atoms with E-state index in [0.717, 1.165) is 41.6 Å². The third-order valence-corrected chi connectivity index (χ3v) is 4.04. The first kappa shape index (κ1) is 17.8. The number of aromatic nitrogens is 5. The summed E-state index contributed by atoms with van der Waals surface area (Å²) in [6, 6.07) is 10.1. The number of nitrogens with one attached hydrogen (secondary N) is 2. The molecule has 2 N–H and O–H groups in total. The van der Waals surface area contributed by atoms with Gasteiger partial charge in [0, 0.05) is 16.8 Å². The second kappa shape index (κ2) is 8.37. The van der Waals surface area contributed by atoms with Crippen LogP contribution < -0.4 is 5.32 Å². The van der Waals surface area contributed by atoms with Gasteiger partial charge >= 0.3 is 0 Å². The van der Waals surface area contributed by atoms with E-state index in [1.165, 1.54) is 18.4 Å². The Labute approximate surface area is 161 Å². The van der Waals surface area contributed by atoms with Gasteiger partial charge in [-0.2, -0.15) is 4.98 Å². The minimum atomic E-state index is 0.549. The zero-order valence-corrected chi connectivity index (χ0v) is 16.5. The Bertz CT molecular complexity index is 831. The Morgan fingerprint density at radius 2 is 1.76 bits per heavy atom. The van der Waals surface area contributed by atoms with Crippen LogP contribution in [0.2, 0.25) is 0 Å². The van der Waals surface area contributed by atoms with Crippen LogP contribution in [0.15, 0.2) is 30.3 Å². The van der Waals surface area contributed by atoms with Crippen LogP contribution in [0.3, 0.4) is 0 Å².